The van der Waals surface area contributed by atoms with Crippen LogP contribution >= 0.6 is 0 Å². The van der Waals surface area contributed by atoms with Gasteiger partial charge in [0.25, 0.3) is 0 Å². The number of rotatable bonds is 4. The second kappa shape index (κ2) is 5.28. The summed E-state index contributed by atoms with van der Waals surface area (Å²) in [4.78, 5) is 0. The molecule has 0 atom stereocenters. The Morgan fingerprint density at radius 1 is 1.16 bits per heavy atom. The lowest BCUT2D eigenvalue weighted by molar-refractivity contribution is 0.259. The van der Waals surface area contributed by atoms with Gasteiger partial charge < -0.3 is 0 Å². The van der Waals surface area contributed by atoms with Crippen molar-refractivity contribution in [2.45, 2.75) is 26.9 Å². The van der Waals surface area contributed by atoms with E-state index in [1.54, 1.807) is 6.07 Å². The molecular weight excluding hydrogens is 264 g/mol. The van der Waals surface area contributed by atoms with E-state index < -0.39 is 10.4 Å². The first kappa shape index (κ1) is 14.0. The minimum absolute atomic E-state index is 0.161. The molecule has 0 aliphatic carbocycles. The monoisotopic (exact) mass is 280 g/mol. The first-order chi connectivity index (χ1) is 8.90. The van der Waals surface area contributed by atoms with Crippen LogP contribution in [0, 0.1) is 6.92 Å². The van der Waals surface area contributed by atoms with Gasteiger partial charge in [0.15, 0.2) is 0 Å². The van der Waals surface area contributed by atoms with E-state index >= 15 is 0 Å². The summed E-state index contributed by atoms with van der Waals surface area (Å²) >= 11 is 0. The third kappa shape index (κ3) is 3.32. The van der Waals surface area contributed by atoms with E-state index in [-0.39, 0.29) is 6.61 Å². The summed E-state index contributed by atoms with van der Waals surface area (Å²) in [6.07, 6.45) is 0.902. The van der Waals surface area contributed by atoms with Gasteiger partial charge in [0.05, 0.1) is 6.61 Å². The summed E-state index contributed by atoms with van der Waals surface area (Å²) in [5.41, 5.74) is 3.09. The molecule has 0 spiro atoms. The second-order valence-corrected chi connectivity index (χ2v) is 5.56. The molecule has 0 radical (unpaired) electrons. The first-order valence-corrected chi connectivity index (χ1v) is 7.40. The first-order valence-electron chi connectivity index (χ1n) is 6.03. The molecule has 0 aliphatic heterocycles. The molecule has 5 heteroatoms. The van der Waals surface area contributed by atoms with E-state index in [2.05, 4.69) is 23.2 Å². The minimum Gasteiger partial charge on any atom is -0.264 e. The van der Waals surface area contributed by atoms with Gasteiger partial charge in [-0.15, -0.1) is 0 Å². The molecule has 2 aromatic rings. The van der Waals surface area contributed by atoms with Crippen LogP contribution in [0.3, 0.4) is 0 Å². The van der Waals surface area contributed by atoms with Crippen molar-refractivity contribution >= 4 is 21.2 Å². The Morgan fingerprint density at radius 3 is 2.53 bits per heavy atom. The fourth-order valence-electron chi connectivity index (χ4n) is 2.15. The molecule has 0 bridgehead atoms. The van der Waals surface area contributed by atoms with Crippen LogP contribution in [0.15, 0.2) is 30.3 Å². The van der Waals surface area contributed by atoms with Gasteiger partial charge in [0.1, 0.15) is 0 Å². The highest BCUT2D eigenvalue weighted by molar-refractivity contribution is 7.80. The molecule has 0 unspecified atom stereocenters. The molecule has 2 rings (SSSR count). The molecular formula is C14H16O4S. The maximum atomic E-state index is 10.6. The van der Waals surface area contributed by atoms with Gasteiger partial charge in [-0.05, 0) is 46.9 Å². The Hall–Kier alpha value is -1.43. The van der Waals surface area contributed by atoms with Crippen molar-refractivity contribution in [1.29, 1.82) is 0 Å². The Balaban J connectivity index is 2.44. The summed E-state index contributed by atoms with van der Waals surface area (Å²) in [6, 6.07) is 9.82. The van der Waals surface area contributed by atoms with Gasteiger partial charge in [0, 0.05) is 0 Å². The summed E-state index contributed by atoms with van der Waals surface area (Å²) < 4.78 is 34.1. The zero-order valence-corrected chi connectivity index (χ0v) is 11.7. The number of hydrogen-bond donors (Lipinski definition) is 1. The lowest BCUT2D eigenvalue weighted by Crippen LogP contribution is -2.03. The van der Waals surface area contributed by atoms with E-state index in [1.807, 2.05) is 19.1 Å². The van der Waals surface area contributed by atoms with Gasteiger partial charge in [0.2, 0.25) is 0 Å². The number of benzene rings is 2. The van der Waals surface area contributed by atoms with Crippen molar-refractivity contribution in [2.75, 3.05) is 0 Å². The lowest BCUT2D eigenvalue weighted by Gasteiger charge is -2.09. The molecule has 1 N–H and O–H groups in total. The van der Waals surface area contributed by atoms with Gasteiger partial charge in [-0.1, -0.05) is 31.2 Å². The van der Waals surface area contributed by atoms with Crippen molar-refractivity contribution in [1.82, 2.24) is 0 Å². The Bertz CT molecular complexity index is 705. The lowest BCUT2D eigenvalue weighted by atomic mass is 9.97. The molecule has 19 heavy (non-hydrogen) atoms. The quantitative estimate of drug-likeness (QED) is 0.874. The third-order valence-electron chi connectivity index (χ3n) is 3.14. The molecule has 0 saturated heterocycles. The topological polar surface area (TPSA) is 63.6 Å². The Morgan fingerprint density at radius 2 is 1.89 bits per heavy atom. The van der Waals surface area contributed by atoms with Crippen molar-refractivity contribution in [3.63, 3.8) is 0 Å². The average molecular weight is 280 g/mol. The van der Waals surface area contributed by atoms with Crippen molar-refractivity contribution in [3.05, 3.63) is 47.0 Å². The smallest absolute Gasteiger partial charge is 0.264 e. The maximum Gasteiger partial charge on any atom is 0.397 e. The molecule has 0 amide bonds. The average Bonchev–Trinajstić information content (AvgIpc) is 2.36. The Kier molecular flexibility index (Phi) is 3.89. The number of aryl methyl sites for hydroxylation is 2. The molecule has 0 saturated carbocycles. The van der Waals surface area contributed by atoms with Crippen molar-refractivity contribution in [3.8, 4) is 0 Å². The fourth-order valence-corrected chi connectivity index (χ4v) is 2.43. The standard InChI is InChI=1S/C14H16O4S/c1-3-12-6-4-10(2)13-7-5-11(8-14(12)13)9-18-19(15,16)17/h4-8H,3,9H2,1-2H3,(H,15,16,17). The predicted octanol–water partition coefficient (Wildman–Crippen LogP) is 3.03. The van der Waals surface area contributed by atoms with Gasteiger partial charge in [-0.2, -0.15) is 8.42 Å². The highest BCUT2D eigenvalue weighted by atomic mass is 32.3. The molecule has 0 heterocycles. The van der Waals surface area contributed by atoms with E-state index in [4.69, 9.17) is 4.55 Å². The zero-order valence-electron chi connectivity index (χ0n) is 10.9. The van der Waals surface area contributed by atoms with E-state index in [0.717, 1.165) is 17.2 Å². The van der Waals surface area contributed by atoms with E-state index in [0.29, 0.717) is 5.56 Å². The van der Waals surface area contributed by atoms with Crippen LogP contribution in [0.2, 0.25) is 0 Å². The minimum atomic E-state index is -4.40. The Labute approximate surface area is 113 Å². The van der Waals surface area contributed by atoms with Crippen LogP contribution in [0.4, 0.5) is 0 Å². The fraction of sp³-hybridized carbons (Fsp3) is 0.286. The molecule has 0 aromatic heterocycles. The molecule has 0 aliphatic rings. The number of hydrogen-bond acceptors (Lipinski definition) is 3. The van der Waals surface area contributed by atoms with Gasteiger partial charge in [-0.3, -0.25) is 4.55 Å². The van der Waals surface area contributed by atoms with Crippen LogP contribution in [-0.4, -0.2) is 13.0 Å². The molecule has 102 valence electrons. The summed E-state index contributed by atoms with van der Waals surface area (Å²) in [5, 5.41) is 2.24. The van der Waals surface area contributed by atoms with Crippen LogP contribution < -0.4 is 0 Å². The largest absolute Gasteiger partial charge is 0.397 e. The van der Waals surface area contributed by atoms with Crippen LogP contribution in [0.25, 0.3) is 10.8 Å². The predicted molar refractivity (Wildman–Crippen MR) is 74.4 cm³/mol. The zero-order chi connectivity index (χ0) is 14.0. The third-order valence-corrected chi connectivity index (χ3v) is 3.56. The van der Waals surface area contributed by atoms with E-state index in [1.165, 1.54) is 11.1 Å². The number of fused-ring (bicyclic) bond motifs is 1. The van der Waals surface area contributed by atoms with Crippen LogP contribution in [0.1, 0.15) is 23.6 Å². The normalized spacial score (nSPS) is 11.9. The highest BCUT2D eigenvalue weighted by Crippen LogP contribution is 2.24. The van der Waals surface area contributed by atoms with Crippen LogP contribution in [-0.2, 0) is 27.6 Å². The van der Waals surface area contributed by atoms with Gasteiger partial charge >= 0.3 is 10.4 Å². The van der Waals surface area contributed by atoms with Crippen molar-refractivity contribution in [2.24, 2.45) is 0 Å². The highest BCUT2D eigenvalue weighted by Gasteiger charge is 2.07. The second-order valence-electron chi connectivity index (χ2n) is 4.46. The molecule has 2 aromatic carbocycles. The molecule has 4 nitrogen and oxygen atoms in total. The SMILES string of the molecule is CCc1ccc(C)c2ccc(COS(=O)(=O)O)cc12. The summed E-state index contributed by atoms with van der Waals surface area (Å²) in [5.74, 6) is 0. The molecule has 0 fully saturated rings. The summed E-state index contributed by atoms with van der Waals surface area (Å²) in [7, 11) is -4.40. The summed E-state index contributed by atoms with van der Waals surface area (Å²) in [6.45, 7) is 3.95. The van der Waals surface area contributed by atoms with Crippen molar-refractivity contribution < 1.29 is 17.2 Å². The van der Waals surface area contributed by atoms with E-state index in [9.17, 15) is 8.42 Å². The van der Waals surface area contributed by atoms with Crippen LogP contribution in [0.5, 0.6) is 0 Å². The maximum absolute atomic E-state index is 10.6. The van der Waals surface area contributed by atoms with Gasteiger partial charge in [-0.25, -0.2) is 4.18 Å².